The highest BCUT2D eigenvalue weighted by Crippen LogP contribution is 2.22. The number of hydrogen-bond acceptors (Lipinski definition) is 4. The smallest absolute Gasteiger partial charge is 0.122 e. The summed E-state index contributed by atoms with van der Waals surface area (Å²) in [5, 5.41) is 0. The molecule has 2 aromatic rings. The van der Waals surface area contributed by atoms with Gasteiger partial charge in [0.15, 0.2) is 0 Å². The molecule has 98 valence electrons. The topological polar surface area (TPSA) is 44.2 Å². The predicted molar refractivity (Wildman–Crippen MR) is 75.1 cm³/mol. The second kappa shape index (κ2) is 7.74. The van der Waals surface area contributed by atoms with Gasteiger partial charge < -0.3 is 9.47 Å². The largest absolute Gasteiger partial charge is 0.497 e. The Morgan fingerprint density at radius 2 is 1.17 bits per heavy atom. The van der Waals surface area contributed by atoms with E-state index in [1.54, 1.807) is 38.7 Å². The normalized spacial score (nSPS) is 8.78. The molecule has 0 fully saturated rings. The number of aromatic nitrogens is 2. The Kier molecular flexibility index (Phi) is 7.08. The van der Waals surface area contributed by atoms with Crippen molar-refractivity contribution in [3.63, 3.8) is 0 Å². The van der Waals surface area contributed by atoms with E-state index in [0.29, 0.717) is 0 Å². The number of halogens is 2. The van der Waals surface area contributed by atoms with E-state index in [2.05, 4.69) is 9.97 Å². The molecule has 0 N–H and O–H groups in total. The molecule has 18 heavy (non-hydrogen) atoms. The highest BCUT2D eigenvalue weighted by Gasteiger charge is 2.03. The number of ether oxygens (including phenoxy) is 2. The van der Waals surface area contributed by atoms with E-state index in [1.807, 2.05) is 12.1 Å². The molecule has 0 atom stereocenters. The molecular formula is C12H14Cl2N2O2. The Labute approximate surface area is 118 Å². The van der Waals surface area contributed by atoms with Gasteiger partial charge in [-0.3, -0.25) is 9.97 Å². The molecule has 0 unspecified atom stereocenters. The summed E-state index contributed by atoms with van der Waals surface area (Å²) in [6, 6.07) is 7.26. The molecule has 0 spiro atoms. The Balaban J connectivity index is 0.00000144. The van der Waals surface area contributed by atoms with Gasteiger partial charge in [-0.1, -0.05) is 0 Å². The zero-order valence-corrected chi connectivity index (χ0v) is 11.6. The number of rotatable bonds is 3. The Hall–Kier alpha value is -1.52. The van der Waals surface area contributed by atoms with Gasteiger partial charge in [-0.25, -0.2) is 0 Å². The zero-order valence-electron chi connectivity index (χ0n) is 9.99. The Morgan fingerprint density at radius 1 is 0.778 bits per heavy atom. The van der Waals surface area contributed by atoms with E-state index < -0.39 is 0 Å². The van der Waals surface area contributed by atoms with Gasteiger partial charge in [0, 0.05) is 24.5 Å². The van der Waals surface area contributed by atoms with Crippen LogP contribution in [0.1, 0.15) is 0 Å². The summed E-state index contributed by atoms with van der Waals surface area (Å²) in [4.78, 5) is 8.47. The second-order valence-corrected chi connectivity index (χ2v) is 3.16. The van der Waals surface area contributed by atoms with Crippen LogP contribution in [0.3, 0.4) is 0 Å². The fourth-order valence-corrected chi connectivity index (χ4v) is 1.36. The monoisotopic (exact) mass is 288 g/mol. The van der Waals surface area contributed by atoms with E-state index in [9.17, 15) is 0 Å². The van der Waals surface area contributed by atoms with Gasteiger partial charge in [0.2, 0.25) is 0 Å². The molecule has 2 rings (SSSR count). The predicted octanol–water partition coefficient (Wildman–Crippen LogP) is 3.00. The van der Waals surface area contributed by atoms with E-state index in [0.717, 1.165) is 22.9 Å². The van der Waals surface area contributed by atoms with Crippen molar-refractivity contribution in [2.75, 3.05) is 14.2 Å². The van der Waals surface area contributed by atoms with E-state index in [4.69, 9.17) is 9.47 Å². The Morgan fingerprint density at radius 3 is 1.50 bits per heavy atom. The lowest BCUT2D eigenvalue weighted by atomic mass is 10.2. The van der Waals surface area contributed by atoms with Crippen molar-refractivity contribution >= 4 is 24.8 Å². The number of nitrogens with zero attached hydrogens (tertiary/aromatic N) is 2. The molecule has 6 heteroatoms. The van der Waals surface area contributed by atoms with Crippen LogP contribution >= 0.6 is 24.8 Å². The van der Waals surface area contributed by atoms with E-state index >= 15 is 0 Å². The first-order chi connectivity index (χ1) is 7.83. The molecule has 2 heterocycles. The minimum Gasteiger partial charge on any atom is -0.497 e. The maximum Gasteiger partial charge on any atom is 0.122 e. The first kappa shape index (κ1) is 16.5. The molecular weight excluding hydrogens is 275 g/mol. The minimum atomic E-state index is 0. The standard InChI is InChI=1S/C12H12N2O2.2ClH/c1-15-9-3-5-13-11(7-9)12-8-10(16-2)4-6-14-12;;/h3-8H,1-2H3;2*1H. The molecule has 0 amide bonds. The third kappa shape index (κ3) is 3.75. The summed E-state index contributed by atoms with van der Waals surface area (Å²) < 4.78 is 10.3. The van der Waals surface area contributed by atoms with Gasteiger partial charge in [-0.2, -0.15) is 0 Å². The fourth-order valence-electron chi connectivity index (χ4n) is 1.36. The molecule has 2 aromatic heterocycles. The third-order valence-corrected chi connectivity index (χ3v) is 2.20. The van der Waals surface area contributed by atoms with Gasteiger partial charge in [-0.15, -0.1) is 24.8 Å². The summed E-state index contributed by atoms with van der Waals surface area (Å²) >= 11 is 0. The first-order valence-electron chi connectivity index (χ1n) is 4.84. The maximum atomic E-state index is 5.13. The van der Waals surface area contributed by atoms with Crippen molar-refractivity contribution < 1.29 is 9.47 Å². The quantitative estimate of drug-likeness (QED) is 0.871. The van der Waals surface area contributed by atoms with Crippen molar-refractivity contribution in [3.05, 3.63) is 36.7 Å². The van der Waals surface area contributed by atoms with Gasteiger partial charge in [0.05, 0.1) is 25.6 Å². The molecule has 0 radical (unpaired) electrons. The van der Waals surface area contributed by atoms with E-state index in [1.165, 1.54) is 0 Å². The minimum absolute atomic E-state index is 0. The molecule has 0 aliphatic rings. The molecule has 0 aliphatic carbocycles. The number of pyridine rings is 2. The van der Waals surface area contributed by atoms with Crippen molar-refractivity contribution in [1.82, 2.24) is 9.97 Å². The highest BCUT2D eigenvalue weighted by atomic mass is 35.5. The summed E-state index contributed by atoms with van der Waals surface area (Å²) in [6.07, 6.45) is 3.38. The summed E-state index contributed by atoms with van der Waals surface area (Å²) in [7, 11) is 3.25. The van der Waals surface area contributed by atoms with Crippen molar-refractivity contribution in [3.8, 4) is 22.9 Å². The molecule has 0 saturated carbocycles. The average molecular weight is 289 g/mol. The Bertz CT molecular complexity index is 450. The van der Waals surface area contributed by atoms with Crippen LogP contribution in [0.4, 0.5) is 0 Å². The van der Waals surface area contributed by atoms with Crippen LogP contribution in [0.5, 0.6) is 11.5 Å². The van der Waals surface area contributed by atoms with Crippen LogP contribution in [-0.2, 0) is 0 Å². The summed E-state index contributed by atoms with van der Waals surface area (Å²) in [5.41, 5.74) is 1.52. The van der Waals surface area contributed by atoms with Crippen LogP contribution in [0.25, 0.3) is 11.4 Å². The average Bonchev–Trinajstić information content (AvgIpc) is 2.39. The lowest BCUT2D eigenvalue weighted by molar-refractivity contribution is 0.413. The van der Waals surface area contributed by atoms with Crippen molar-refractivity contribution in [2.45, 2.75) is 0 Å². The summed E-state index contributed by atoms with van der Waals surface area (Å²) in [5.74, 6) is 1.52. The third-order valence-electron chi connectivity index (χ3n) is 2.20. The van der Waals surface area contributed by atoms with Gasteiger partial charge in [0.25, 0.3) is 0 Å². The lowest BCUT2D eigenvalue weighted by Gasteiger charge is -2.04. The zero-order chi connectivity index (χ0) is 11.4. The van der Waals surface area contributed by atoms with Gasteiger partial charge in [-0.05, 0) is 12.1 Å². The number of hydrogen-bond donors (Lipinski definition) is 0. The van der Waals surface area contributed by atoms with Gasteiger partial charge in [0.1, 0.15) is 11.5 Å². The van der Waals surface area contributed by atoms with Crippen molar-refractivity contribution in [1.29, 1.82) is 0 Å². The van der Waals surface area contributed by atoms with E-state index in [-0.39, 0.29) is 24.8 Å². The van der Waals surface area contributed by atoms with Crippen LogP contribution < -0.4 is 9.47 Å². The van der Waals surface area contributed by atoms with Crippen LogP contribution in [-0.4, -0.2) is 24.2 Å². The first-order valence-corrected chi connectivity index (χ1v) is 4.84. The molecule has 0 aliphatic heterocycles. The van der Waals surface area contributed by atoms with Gasteiger partial charge >= 0.3 is 0 Å². The highest BCUT2D eigenvalue weighted by molar-refractivity contribution is 5.85. The number of methoxy groups -OCH3 is 2. The van der Waals surface area contributed by atoms with Crippen LogP contribution in [0, 0.1) is 0 Å². The fraction of sp³-hybridized carbons (Fsp3) is 0.167. The van der Waals surface area contributed by atoms with Crippen molar-refractivity contribution in [2.24, 2.45) is 0 Å². The molecule has 0 bridgehead atoms. The lowest BCUT2D eigenvalue weighted by Crippen LogP contribution is -1.90. The molecule has 4 nitrogen and oxygen atoms in total. The molecule has 0 aromatic carbocycles. The molecule has 0 saturated heterocycles. The van der Waals surface area contributed by atoms with Crippen LogP contribution in [0.2, 0.25) is 0 Å². The SMILES string of the molecule is COc1ccnc(-c2cc(OC)ccn2)c1.Cl.Cl. The van der Waals surface area contributed by atoms with Crippen LogP contribution in [0.15, 0.2) is 36.7 Å². The maximum absolute atomic E-state index is 5.13. The summed E-state index contributed by atoms with van der Waals surface area (Å²) in [6.45, 7) is 0. The second-order valence-electron chi connectivity index (χ2n) is 3.16.